The van der Waals surface area contributed by atoms with E-state index in [1.54, 1.807) is 53.4 Å². The van der Waals surface area contributed by atoms with E-state index in [0.717, 1.165) is 4.90 Å². The van der Waals surface area contributed by atoms with Gasteiger partial charge in [0.15, 0.2) is 0 Å². The summed E-state index contributed by atoms with van der Waals surface area (Å²) in [6, 6.07) is 22.5. The maximum Gasteiger partial charge on any atom is 0.283 e. The molecule has 2 aliphatic rings. The Morgan fingerprint density at radius 2 is 1.47 bits per heavy atom. The van der Waals surface area contributed by atoms with Crippen LogP contribution in [0.1, 0.15) is 10.4 Å². The highest BCUT2D eigenvalue weighted by Gasteiger charge is 2.39. The van der Waals surface area contributed by atoms with Crippen molar-refractivity contribution in [2.24, 2.45) is 0 Å². The molecular weight excluding hydrogens is 482 g/mol. The molecule has 0 aromatic heterocycles. The van der Waals surface area contributed by atoms with E-state index in [-0.39, 0.29) is 16.6 Å². The van der Waals surface area contributed by atoms with E-state index in [4.69, 9.17) is 21.1 Å². The summed E-state index contributed by atoms with van der Waals surface area (Å²) in [7, 11) is 0. The highest BCUT2D eigenvalue weighted by molar-refractivity contribution is 6.53. The summed E-state index contributed by atoms with van der Waals surface area (Å²) >= 11 is 6.25. The molecule has 8 nitrogen and oxygen atoms in total. The predicted molar refractivity (Wildman–Crippen MR) is 135 cm³/mol. The first-order valence-corrected chi connectivity index (χ1v) is 11.7. The number of halogens is 1. The van der Waals surface area contributed by atoms with Crippen LogP contribution < -0.4 is 15.0 Å². The normalized spacial score (nSPS) is 15.9. The van der Waals surface area contributed by atoms with Gasteiger partial charge in [0, 0.05) is 24.3 Å². The van der Waals surface area contributed by atoms with Crippen molar-refractivity contribution < 1.29 is 23.9 Å². The van der Waals surface area contributed by atoms with Crippen LogP contribution in [0.3, 0.4) is 0 Å². The molecular formula is C27H22ClN3O5. The third-order valence-corrected chi connectivity index (χ3v) is 6.15. The molecule has 0 bridgehead atoms. The van der Waals surface area contributed by atoms with Gasteiger partial charge in [-0.2, -0.15) is 0 Å². The third-order valence-electron chi connectivity index (χ3n) is 5.80. The second-order valence-corrected chi connectivity index (χ2v) is 8.53. The van der Waals surface area contributed by atoms with Gasteiger partial charge in [0.05, 0.1) is 18.9 Å². The molecule has 2 heterocycles. The van der Waals surface area contributed by atoms with Crippen LogP contribution in [0.15, 0.2) is 89.6 Å². The van der Waals surface area contributed by atoms with Crippen molar-refractivity contribution in [3.63, 3.8) is 0 Å². The summed E-state index contributed by atoms with van der Waals surface area (Å²) < 4.78 is 11.1. The lowest BCUT2D eigenvalue weighted by molar-refractivity contribution is -0.120. The third kappa shape index (κ3) is 4.82. The van der Waals surface area contributed by atoms with E-state index in [2.05, 4.69) is 5.32 Å². The fraction of sp³-hybridized carbons (Fsp3) is 0.148. The number of amides is 3. The molecule has 0 aliphatic carbocycles. The van der Waals surface area contributed by atoms with Crippen molar-refractivity contribution in [1.29, 1.82) is 0 Å². The topological polar surface area (TPSA) is 88.2 Å². The molecule has 9 heteroatoms. The number of nitrogens with zero attached hydrogens (tertiary/aromatic N) is 2. The first-order chi connectivity index (χ1) is 17.5. The van der Waals surface area contributed by atoms with E-state index in [0.29, 0.717) is 54.7 Å². The van der Waals surface area contributed by atoms with Gasteiger partial charge >= 0.3 is 0 Å². The average Bonchev–Trinajstić information content (AvgIpc) is 3.13. The minimum absolute atomic E-state index is 0.0291. The number of imide groups is 1. The number of para-hydroxylation sites is 1. The van der Waals surface area contributed by atoms with Crippen molar-refractivity contribution >= 4 is 40.7 Å². The second kappa shape index (κ2) is 10.2. The number of carbonyl (C=O) groups excluding carboxylic acids is 3. The summed E-state index contributed by atoms with van der Waals surface area (Å²) in [6.07, 6.45) is 0. The van der Waals surface area contributed by atoms with Crippen LogP contribution in [-0.2, 0) is 14.3 Å². The average molecular weight is 504 g/mol. The van der Waals surface area contributed by atoms with Crippen LogP contribution in [0.5, 0.6) is 11.5 Å². The minimum Gasteiger partial charge on any atom is -0.457 e. The first kappa shape index (κ1) is 23.6. The SMILES string of the molecule is O=C(c1ccc(NC2=C(Cl)C(=O)N(c3ccc(Oc4ccccc4)cc3)C2=O)cc1)N1CCOCC1. The zero-order valence-electron chi connectivity index (χ0n) is 19.1. The second-order valence-electron chi connectivity index (χ2n) is 8.15. The Labute approximate surface area is 212 Å². The molecule has 5 rings (SSSR count). The highest BCUT2D eigenvalue weighted by Crippen LogP contribution is 2.32. The van der Waals surface area contributed by atoms with E-state index < -0.39 is 11.8 Å². The predicted octanol–water partition coefficient (Wildman–Crippen LogP) is 4.39. The Balaban J connectivity index is 1.27. The van der Waals surface area contributed by atoms with Crippen molar-refractivity contribution in [1.82, 2.24) is 4.90 Å². The Hall–Kier alpha value is -4.14. The highest BCUT2D eigenvalue weighted by atomic mass is 35.5. The molecule has 182 valence electrons. The van der Waals surface area contributed by atoms with Gasteiger partial charge in [-0.1, -0.05) is 29.8 Å². The van der Waals surface area contributed by atoms with Crippen molar-refractivity contribution in [2.75, 3.05) is 36.5 Å². The van der Waals surface area contributed by atoms with Gasteiger partial charge in [0.2, 0.25) is 0 Å². The number of nitrogens with one attached hydrogen (secondary N) is 1. The number of rotatable bonds is 6. The summed E-state index contributed by atoms with van der Waals surface area (Å²) in [5.41, 5.74) is 1.39. The van der Waals surface area contributed by atoms with Crippen molar-refractivity contribution in [3.8, 4) is 11.5 Å². The van der Waals surface area contributed by atoms with E-state index in [9.17, 15) is 14.4 Å². The number of hydrogen-bond acceptors (Lipinski definition) is 6. The molecule has 0 radical (unpaired) electrons. The number of ether oxygens (including phenoxy) is 2. The van der Waals surface area contributed by atoms with Gasteiger partial charge in [-0.15, -0.1) is 0 Å². The summed E-state index contributed by atoms with van der Waals surface area (Å²) in [4.78, 5) is 41.3. The van der Waals surface area contributed by atoms with Crippen LogP contribution in [0.4, 0.5) is 11.4 Å². The van der Waals surface area contributed by atoms with Crippen molar-refractivity contribution in [2.45, 2.75) is 0 Å². The molecule has 0 atom stereocenters. The maximum atomic E-state index is 13.1. The Kier molecular flexibility index (Phi) is 6.71. The van der Waals surface area contributed by atoms with Gasteiger partial charge in [0.25, 0.3) is 17.7 Å². The quantitative estimate of drug-likeness (QED) is 0.502. The molecule has 0 spiro atoms. The minimum atomic E-state index is -0.625. The molecule has 1 fully saturated rings. The molecule has 1 saturated heterocycles. The van der Waals surface area contributed by atoms with E-state index >= 15 is 0 Å². The van der Waals surface area contributed by atoms with Crippen LogP contribution in [0.2, 0.25) is 0 Å². The summed E-state index contributed by atoms with van der Waals surface area (Å²) in [6.45, 7) is 2.14. The van der Waals surface area contributed by atoms with Gasteiger partial charge in [-0.25, -0.2) is 4.90 Å². The molecule has 0 unspecified atom stereocenters. The fourth-order valence-corrected chi connectivity index (χ4v) is 4.14. The first-order valence-electron chi connectivity index (χ1n) is 11.4. The van der Waals surface area contributed by atoms with Crippen molar-refractivity contribution in [3.05, 3.63) is 95.2 Å². The molecule has 0 saturated carbocycles. The van der Waals surface area contributed by atoms with Crippen LogP contribution in [0.25, 0.3) is 0 Å². The zero-order valence-corrected chi connectivity index (χ0v) is 19.9. The van der Waals surface area contributed by atoms with Crippen LogP contribution in [0, 0.1) is 0 Å². The lowest BCUT2D eigenvalue weighted by Crippen LogP contribution is -2.40. The number of morpholine rings is 1. The van der Waals surface area contributed by atoms with Gasteiger partial charge < -0.3 is 19.7 Å². The molecule has 3 aromatic carbocycles. The molecule has 3 aromatic rings. The van der Waals surface area contributed by atoms with Gasteiger partial charge in [-0.3, -0.25) is 14.4 Å². The molecule has 36 heavy (non-hydrogen) atoms. The summed E-state index contributed by atoms with van der Waals surface area (Å²) in [5, 5.41) is 2.72. The smallest absolute Gasteiger partial charge is 0.283 e. The number of carbonyl (C=O) groups is 3. The van der Waals surface area contributed by atoms with Crippen LogP contribution in [-0.4, -0.2) is 48.9 Å². The maximum absolute atomic E-state index is 13.1. The van der Waals surface area contributed by atoms with Gasteiger partial charge in [0.1, 0.15) is 22.2 Å². The summed E-state index contributed by atoms with van der Waals surface area (Å²) in [5.74, 6) is -0.0455. The standard InChI is InChI=1S/C27H22ClN3O5/c28-23-24(29-19-8-6-18(7-9-19)25(32)30-14-16-35-17-15-30)27(34)31(26(23)33)20-10-12-22(13-11-20)36-21-4-2-1-3-5-21/h1-13,29H,14-17H2. The Morgan fingerprint density at radius 1 is 0.833 bits per heavy atom. The zero-order chi connectivity index (χ0) is 25.1. The largest absolute Gasteiger partial charge is 0.457 e. The number of anilines is 2. The van der Waals surface area contributed by atoms with Crippen LogP contribution >= 0.6 is 11.6 Å². The lowest BCUT2D eigenvalue weighted by Gasteiger charge is -2.26. The number of benzene rings is 3. The molecule has 1 N–H and O–H groups in total. The van der Waals surface area contributed by atoms with E-state index in [1.807, 2.05) is 30.3 Å². The molecule has 3 amide bonds. The number of hydrogen-bond donors (Lipinski definition) is 1. The monoisotopic (exact) mass is 503 g/mol. The molecule has 2 aliphatic heterocycles. The van der Waals surface area contributed by atoms with Gasteiger partial charge in [-0.05, 0) is 60.7 Å². The Bertz CT molecular complexity index is 1320. The lowest BCUT2D eigenvalue weighted by atomic mass is 10.1. The fourth-order valence-electron chi connectivity index (χ4n) is 3.92. The Morgan fingerprint density at radius 3 is 2.14 bits per heavy atom. The van der Waals surface area contributed by atoms with E-state index in [1.165, 1.54) is 0 Å².